The lowest BCUT2D eigenvalue weighted by molar-refractivity contribution is 0.354. The molecule has 0 aliphatic carbocycles. The summed E-state index contributed by atoms with van der Waals surface area (Å²) in [6.07, 6.45) is 0.795. The summed E-state index contributed by atoms with van der Waals surface area (Å²) in [5.74, 6) is 1.36. The van der Waals surface area contributed by atoms with Crippen LogP contribution in [0.3, 0.4) is 0 Å². The highest BCUT2D eigenvalue weighted by Gasteiger charge is 2.16. The Morgan fingerprint density at radius 3 is 2.43 bits per heavy atom. The average Bonchev–Trinajstić information content (AvgIpc) is 2.53. The van der Waals surface area contributed by atoms with E-state index in [4.69, 9.17) is 15.2 Å². The summed E-state index contributed by atoms with van der Waals surface area (Å²) >= 11 is 0. The van der Waals surface area contributed by atoms with Gasteiger partial charge in [-0.3, -0.25) is 0 Å². The lowest BCUT2D eigenvalue weighted by atomic mass is 9.97. The molecule has 0 fully saturated rings. The smallest absolute Gasteiger partial charge is 0.161 e. The van der Waals surface area contributed by atoms with Crippen molar-refractivity contribution in [1.82, 2.24) is 10.2 Å². The van der Waals surface area contributed by atoms with Gasteiger partial charge in [-0.05, 0) is 42.7 Å². The van der Waals surface area contributed by atoms with Crippen LogP contribution in [0.2, 0.25) is 0 Å². The number of nitrogens with two attached hydrogens (primary N) is 1. The van der Waals surface area contributed by atoms with Gasteiger partial charge in [0.25, 0.3) is 0 Å². The first-order valence-corrected chi connectivity index (χ1v) is 6.91. The molecule has 5 nitrogen and oxygen atoms in total. The molecule has 1 aromatic heterocycles. The van der Waals surface area contributed by atoms with Crippen LogP contribution in [0.4, 0.5) is 0 Å². The van der Waals surface area contributed by atoms with Gasteiger partial charge >= 0.3 is 0 Å². The molecule has 112 valence electrons. The molecule has 2 rings (SSSR count). The summed E-state index contributed by atoms with van der Waals surface area (Å²) in [6, 6.07) is 7.43. The SMILES string of the molecule is CCc1nnc(C)cc1C(N)c1ccc(OC)c(OC)c1. The van der Waals surface area contributed by atoms with Crippen molar-refractivity contribution >= 4 is 0 Å². The lowest BCUT2D eigenvalue weighted by Crippen LogP contribution is -2.16. The van der Waals surface area contributed by atoms with Crippen molar-refractivity contribution in [3.05, 3.63) is 46.8 Å². The van der Waals surface area contributed by atoms with Crippen LogP contribution in [0.15, 0.2) is 24.3 Å². The van der Waals surface area contributed by atoms with E-state index in [9.17, 15) is 0 Å². The largest absolute Gasteiger partial charge is 0.493 e. The normalized spacial score (nSPS) is 12.0. The minimum Gasteiger partial charge on any atom is -0.493 e. The predicted molar refractivity (Wildman–Crippen MR) is 81.7 cm³/mol. The van der Waals surface area contributed by atoms with Crippen molar-refractivity contribution in [3.8, 4) is 11.5 Å². The fourth-order valence-electron chi connectivity index (χ4n) is 2.30. The Balaban J connectivity index is 2.44. The highest BCUT2D eigenvalue weighted by molar-refractivity contribution is 5.46. The van der Waals surface area contributed by atoms with E-state index in [0.717, 1.165) is 28.9 Å². The Labute approximate surface area is 125 Å². The van der Waals surface area contributed by atoms with E-state index >= 15 is 0 Å². The molecule has 0 saturated carbocycles. The highest BCUT2D eigenvalue weighted by Crippen LogP contribution is 2.32. The molecule has 1 heterocycles. The van der Waals surface area contributed by atoms with Crippen molar-refractivity contribution in [2.45, 2.75) is 26.3 Å². The Morgan fingerprint density at radius 2 is 1.81 bits per heavy atom. The monoisotopic (exact) mass is 287 g/mol. The van der Waals surface area contributed by atoms with E-state index in [2.05, 4.69) is 10.2 Å². The maximum atomic E-state index is 6.41. The van der Waals surface area contributed by atoms with Crippen LogP contribution in [0.1, 0.15) is 35.5 Å². The van der Waals surface area contributed by atoms with E-state index in [1.54, 1.807) is 14.2 Å². The molecule has 0 saturated heterocycles. The Kier molecular flexibility index (Phi) is 4.75. The number of nitrogens with zero attached hydrogens (tertiary/aromatic N) is 2. The first kappa shape index (κ1) is 15.3. The number of hydrogen-bond acceptors (Lipinski definition) is 5. The van der Waals surface area contributed by atoms with Crippen LogP contribution in [0.25, 0.3) is 0 Å². The average molecular weight is 287 g/mol. The van der Waals surface area contributed by atoms with E-state index in [1.165, 1.54) is 0 Å². The first-order chi connectivity index (χ1) is 10.1. The topological polar surface area (TPSA) is 70.3 Å². The van der Waals surface area contributed by atoms with Crippen LogP contribution >= 0.6 is 0 Å². The summed E-state index contributed by atoms with van der Waals surface area (Å²) in [7, 11) is 3.23. The molecular weight excluding hydrogens is 266 g/mol. The second-order valence-electron chi connectivity index (χ2n) is 4.83. The zero-order chi connectivity index (χ0) is 15.4. The number of aromatic nitrogens is 2. The zero-order valence-corrected chi connectivity index (χ0v) is 12.9. The zero-order valence-electron chi connectivity index (χ0n) is 12.9. The third-order valence-electron chi connectivity index (χ3n) is 3.46. The molecule has 0 radical (unpaired) electrons. The molecule has 1 atom stereocenters. The minimum absolute atomic E-state index is 0.269. The Hall–Kier alpha value is -2.14. The van der Waals surface area contributed by atoms with Crippen LogP contribution in [0, 0.1) is 6.92 Å². The minimum atomic E-state index is -0.269. The summed E-state index contributed by atoms with van der Waals surface area (Å²) in [5, 5.41) is 8.33. The summed E-state index contributed by atoms with van der Waals surface area (Å²) in [5.41, 5.74) is 10.1. The number of ether oxygens (including phenoxy) is 2. The van der Waals surface area contributed by atoms with Gasteiger partial charge < -0.3 is 15.2 Å². The molecule has 0 aliphatic rings. The van der Waals surface area contributed by atoms with Crippen molar-refractivity contribution in [2.24, 2.45) is 5.73 Å². The molecule has 5 heteroatoms. The van der Waals surface area contributed by atoms with Crippen LogP contribution in [-0.2, 0) is 6.42 Å². The lowest BCUT2D eigenvalue weighted by Gasteiger charge is -2.17. The molecule has 1 unspecified atom stereocenters. The molecule has 2 N–H and O–H groups in total. The second kappa shape index (κ2) is 6.54. The van der Waals surface area contributed by atoms with Gasteiger partial charge in [-0.1, -0.05) is 13.0 Å². The number of methoxy groups -OCH3 is 2. The molecule has 2 aromatic rings. The number of hydrogen-bond donors (Lipinski definition) is 1. The third kappa shape index (κ3) is 3.13. The van der Waals surface area contributed by atoms with Crippen LogP contribution in [-0.4, -0.2) is 24.4 Å². The van der Waals surface area contributed by atoms with Crippen LogP contribution < -0.4 is 15.2 Å². The van der Waals surface area contributed by atoms with Gasteiger partial charge in [0.15, 0.2) is 11.5 Å². The Morgan fingerprint density at radius 1 is 1.10 bits per heavy atom. The fourth-order valence-corrected chi connectivity index (χ4v) is 2.30. The van der Waals surface area contributed by atoms with Gasteiger partial charge in [0.05, 0.1) is 31.6 Å². The second-order valence-corrected chi connectivity index (χ2v) is 4.83. The summed E-state index contributed by atoms with van der Waals surface area (Å²) in [4.78, 5) is 0. The van der Waals surface area contributed by atoms with Gasteiger partial charge in [-0.2, -0.15) is 10.2 Å². The molecule has 0 bridgehead atoms. The summed E-state index contributed by atoms with van der Waals surface area (Å²) < 4.78 is 10.6. The molecule has 0 spiro atoms. The fraction of sp³-hybridized carbons (Fsp3) is 0.375. The maximum absolute atomic E-state index is 6.41. The number of aryl methyl sites for hydroxylation is 2. The first-order valence-electron chi connectivity index (χ1n) is 6.91. The predicted octanol–water partition coefficient (Wildman–Crippen LogP) is 2.41. The van der Waals surface area contributed by atoms with Gasteiger partial charge in [-0.15, -0.1) is 0 Å². The number of benzene rings is 1. The standard InChI is InChI=1S/C16H21N3O2/c1-5-13-12(8-10(2)18-19-13)16(17)11-6-7-14(20-3)15(9-11)21-4/h6-9,16H,5,17H2,1-4H3. The summed E-state index contributed by atoms with van der Waals surface area (Å²) in [6.45, 7) is 3.96. The van der Waals surface area contributed by atoms with E-state index in [0.29, 0.717) is 11.5 Å². The van der Waals surface area contributed by atoms with Crippen LogP contribution in [0.5, 0.6) is 11.5 Å². The molecule has 1 aromatic carbocycles. The number of rotatable bonds is 5. The van der Waals surface area contributed by atoms with E-state index < -0.39 is 0 Å². The van der Waals surface area contributed by atoms with Crippen molar-refractivity contribution in [2.75, 3.05) is 14.2 Å². The molecular formula is C16H21N3O2. The van der Waals surface area contributed by atoms with E-state index in [-0.39, 0.29) is 6.04 Å². The van der Waals surface area contributed by atoms with Crippen molar-refractivity contribution in [3.63, 3.8) is 0 Å². The molecule has 0 aliphatic heterocycles. The maximum Gasteiger partial charge on any atom is 0.161 e. The van der Waals surface area contributed by atoms with Crippen molar-refractivity contribution in [1.29, 1.82) is 0 Å². The third-order valence-corrected chi connectivity index (χ3v) is 3.46. The Bertz CT molecular complexity index is 629. The highest BCUT2D eigenvalue weighted by atomic mass is 16.5. The quantitative estimate of drug-likeness (QED) is 0.914. The van der Waals surface area contributed by atoms with Gasteiger partial charge in [-0.25, -0.2) is 0 Å². The van der Waals surface area contributed by atoms with Gasteiger partial charge in [0.1, 0.15) is 0 Å². The van der Waals surface area contributed by atoms with E-state index in [1.807, 2.05) is 38.1 Å². The van der Waals surface area contributed by atoms with Gasteiger partial charge in [0, 0.05) is 0 Å². The molecule has 0 amide bonds. The van der Waals surface area contributed by atoms with Crippen molar-refractivity contribution < 1.29 is 9.47 Å². The molecule has 21 heavy (non-hydrogen) atoms. The van der Waals surface area contributed by atoms with Gasteiger partial charge in [0.2, 0.25) is 0 Å².